The van der Waals surface area contributed by atoms with Crippen molar-refractivity contribution >= 4 is 60.0 Å². The van der Waals surface area contributed by atoms with E-state index in [9.17, 15) is 9.59 Å². The van der Waals surface area contributed by atoms with Gasteiger partial charge >= 0.3 is 5.69 Å². The van der Waals surface area contributed by atoms with Crippen LogP contribution in [0.2, 0.25) is 0 Å². The molecular weight excluding hydrogens is 434 g/mol. The molecule has 0 saturated carbocycles. The Morgan fingerprint density at radius 3 is 2.93 bits per heavy atom. The number of benzene rings is 1. The Morgan fingerprint density at radius 1 is 1.37 bits per heavy atom. The number of nitrogens with zero attached hydrogens (tertiary/aromatic N) is 6. The second-order valence-electron chi connectivity index (χ2n) is 5.98. The van der Waals surface area contributed by atoms with Gasteiger partial charge in [0.1, 0.15) is 17.6 Å². The standard InChI is InChI=1S/C16H14BrN7O2S/c1-22(2)15-20-13-12(27-15)14-21-24(16(26)23(14)8-18-13)7-11(25)19-10-5-3-4-9(17)6-10/h3-6,8H,7H2,1-2H3,(H,19,25). The molecule has 1 aromatic carbocycles. The molecule has 0 aliphatic heterocycles. The Labute approximate surface area is 165 Å². The molecule has 11 heteroatoms. The number of anilines is 2. The molecule has 1 N–H and O–H groups in total. The van der Waals surface area contributed by atoms with E-state index in [4.69, 9.17) is 0 Å². The van der Waals surface area contributed by atoms with Crippen LogP contribution >= 0.6 is 27.3 Å². The van der Waals surface area contributed by atoms with Gasteiger partial charge in [0.15, 0.2) is 16.4 Å². The van der Waals surface area contributed by atoms with Crippen molar-refractivity contribution in [1.29, 1.82) is 0 Å². The van der Waals surface area contributed by atoms with Crippen LogP contribution in [-0.2, 0) is 11.3 Å². The van der Waals surface area contributed by atoms with Gasteiger partial charge in [-0.15, -0.1) is 5.10 Å². The van der Waals surface area contributed by atoms with Crippen LogP contribution in [0.5, 0.6) is 0 Å². The topological polar surface area (TPSA) is 97.4 Å². The van der Waals surface area contributed by atoms with Gasteiger partial charge in [0, 0.05) is 24.3 Å². The first-order valence-corrected chi connectivity index (χ1v) is 9.51. The third kappa shape index (κ3) is 3.30. The van der Waals surface area contributed by atoms with Crippen molar-refractivity contribution < 1.29 is 4.79 Å². The first-order valence-electron chi connectivity index (χ1n) is 7.90. The molecule has 3 heterocycles. The summed E-state index contributed by atoms with van der Waals surface area (Å²) in [5, 5.41) is 7.83. The number of nitrogens with one attached hydrogen (secondary N) is 1. The van der Waals surface area contributed by atoms with Crippen molar-refractivity contribution in [2.75, 3.05) is 24.3 Å². The molecule has 4 aromatic rings. The average Bonchev–Trinajstić information content (AvgIpc) is 3.17. The van der Waals surface area contributed by atoms with E-state index in [0.717, 1.165) is 14.3 Å². The van der Waals surface area contributed by atoms with E-state index in [0.29, 0.717) is 21.7 Å². The number of rotatable bonds is 4. The van der Waals surface area contributed by atoms with E-state index in [1.807, 2.05) is 31.1 Å². The molecule has 0 spiro atoms. The highest BCUT2D eigenvalue weighted by atomic mass is 79.9. The highest BCUT2D eigenvalue weighted by Crippen LogP contribution is 2.28. The van der Waals surface area contributed by atoms with Gasteiger partial charge in [0.05, 0.1) is 0 Å². The number of aromatic nitrogens is 5. The molecule has 9 nitrogen and oxygen atoms in total. The molecule has 138 valence electrons. The third-order valence-electron chi connectivity index (χ3n) is 3.75. The number of carbonyl (C=O) groups excluding carboxylic acids is 1. The fourth-order valence-electron chi connectivity index (χ4n) is 2.52. The summed E-state index contributed by atoms with van der Waals surface area (Å²) in [7, 11) is 3.76. The van der Waals surface area contributed by atoms with E-state index in [-0.39, 0.29) is 12.5 Å². The smallest absolute Gasteiger partial charge is 0.352 e. The molecule has 4 rings (SSSR count). The maximum Gasteiger partial charge on any atom is 0.352 e. The predicted octanol–water partition coefficient (Wildman–Crippen LogP) is 1.97. The highest BCUT2D eigenvalue weighted by Gasteiger charge is 2.17. The molecule has 0 bridgehead atoms. The number of halogens is 1. The van der Waals surface area contributed by atoms with Crippen molar-refractivity contribution in [2.45, 2.75) is 6.54 Å². The summed E-state index contributed by atoms with van der Waals surface area (Å²) in [5.41, 5.74) is 1.16. The molecule has 0 unspecified atom stereocenters. The quantitative estimate of drug-likeness (QED) is 0.513. The van der Waals surface area contributed by atoms with Gasteiger partial charge in [-0.05, 0) is 18.2 Å². The number of carbonyl (C=O) groups is 1. The lowest BCUT2D eigenvalue weighted by molar-refractivity contribution is -0.117. The monoisotopic (exact) mass is 447 g/mol. The molecule has 27 heavy (non-hydrogen) atoms. The predicted molar refractivity (Wildman–Crippen MR) is 108 cm³/mol. The molecule has 0 fully saturated rings. The second kappa shape index (κ2) is 6.74. The lowest BCUT2D eigenvalue weighted by Crippen LogP contribution is -2.28. The van der Waals surface area contributed by atoms with Crippen LogP contribution in [-0.4, -0.2) is 44.2 Å². The van der Waals surface area contributed by atoms with Gasteiger partial charge in [-0.2, -0.15) is 4.98 Å². The van der Waals surface area contributed by atoms with Crippen molar-refractivity contribution in [2.24, 2.45) is 0 Å². The minimum atomic E-state index is -0.427. The number of hydrogen-bond acceptors (Lipinski definition) is 7. The fourth-order valence-corrected chi connectivity index (χ4v) is 3.84. The van der Waals surface area contributed by atoms with Crippen LogP contribution < -0.4 is 15.9 Å². The summed E-state index contributed by atoms with van der Waals surface area (Å²) in [6.45, 7) is -0.201. The van der Waals surface area contributed by atoms with Gasteiger partial charge in [0.2, 0.25) is 5.91 Å². The van der Waals surface area contributed by atoms with E-state index in [1.54, 1.807) is 12.1 Å². The third-order valence-corrected chi connectivity index (χ3v) is 5.45. The van der Waals surface area contributed by atoms with Gasteiger partial charge in [-0.25, -0.2) is 18.9 Å². The van der Waals surface area contributed by atoms with Gasteiger partial charge in [-0.1, -0.05) is 33.3 Å². The summed E-state index contributed by atoms with van der Waals surface area (Å²) in [6, 6.07) is 7.21. The Hall–Kier alpha value is -2.79. The van der Waals surface area contributed by atoms with Crippen LogP contribution in [0.25, 0.3) is 16.0 Å². The van der Waals surface area contributed by atoms with Gasteiger partial charge in [-0.3, -0.25) is 4.79 Å². The molecule has 0 radical (unpaired) electrons. The zero-order chi connectivity index (χ0) is 19.1. The zero-order valence-corrected chi connectivity index (χ0v) is 16.8. The summed E-state index contributed by atoms with van der Waals surface area (Å²) < 4.78 is 4.00. The van der Waals surface area contributed by atoms with Gasteiger partial charge in [0.25, 0.3) is 0 Å². The number of amides is 1. The van der Waals surface area contributed by atoms with E-state index in [1.165, 1.54) is 22.1 Å². The summed E-state index contributed by atoms with van der Waals surface area (Å²) in [4.78, 5) is 35.4. The minimum Gasteiger partial charge on any atom is -0.354 e. The second-order valence-corrected chi connectivity index (χ2v) is 7.87. The summed E-state index contributed by atoms with van der Waals surface area (Å²) in [5.74, 6) is -0.346. The largest absolute Gasteiger partial charge is 0.354 e. The molecule has 3 aromatic heterocycles. The van der Waals surface area contributed by atoms with Crippen molar-refractivity contribution in [3.05, 3.63) is 45.5 Å². The van der Waals surface area contributed by atoms with Crippen LogP contribution in [0.4, 0.5) is 10.8 Å². The molecule has 1 amide bonds. The van der Waals surface area contributed by atoms with Crippen LogP contribution in [0.3, 0.4) is 0 Å². The maximum atomic E-state index is 12.6. The SMILES string of the molecule is CN(C)c1nc2ncn3c(=O)n(CC(=O)Nc4cccc(Br)c4)nc3c2s1. The minimum absolute atomic E-state index is 0.201. The van der Waals surface area contributed by atoms with E-state index in [2.05, 4.69) is 36.3 Å². The normalized spacial score (nSPS) is 11.2. The van der Waals surface area contributed by atoms with Crippen molar-refractivity contribution in [3.8, 4) is 0 Å². The summed E-state index contributed by atoms with van der Waals surface area (Å²) in [6.07, 6.45) is 1.38. The lowest BCUT2D eigenvalue weighted by atomic mass is 10.3. The van der Waals surface area contributed by atoms with E-state index < -0.39 is 5.69 Å². The van der Waals surface area contributed by atoms with Crippen LogP contribution in [0.1, 0.15) is 0 Å². The molecular formula is C16H14BrN7O2S. The van der Waals surface area contributed by atoms with E-state index >= 15 is 0 Å². The van der Waals surface area contributed by atoms with Crippen molar-refractivity contribution in [1.82, 2.24) is 24.1 Å². The Balaban J connectivity index is 1.67. The summed E-state index contributed by atoms with van der Waals surface area (Å²) >= 11 is 4.74. The first-order chi connectivity index (χ1) is 12.9. The van der Waals surface area contributed by atoms with Crippen molar-refractivity contribution in [3.63, 3.8) is 0 Å². The van der Waals surface area contributed by atoms with Gasteiger partial charge < -0.3 is 10.2 Å². The highest BCUT2D eigenvalue weighted by molar-refractivity contribution is 9.10. The number of fused-ring (bicyclic) bond motifs is 3. The average molecular weight is 448 g/mol. The molecule has 0 atom stereocenters. The molecule has 0 aliphatic carbocycles. The Kier molecular flexibility index (Phi) is 4.40. The fraction of sp³-hybridized carbons (Fsp3) is 0.188. The van der Waals surface area contributed by atoms with Crippen LogP contribution in [0.15, 0.2) is 39.9 Å². The van der Waals surface area contributed by atoms with Crippen LogP contribution in [0, 0.1) is 0 Å². The number of thiazole rings is 1. The first kappa shape index (κ1) is 17.6. The Morgan fingerprint density at radius 2 is 2.19 bits per heavy atom. The Bertz CT molecular complexity index is 1230. The maximum absolute atomic E-state index is 12.6. The zero-order valence-electron chi connectivity index (χ0n) is 14.4. The molecule has 0 aliphatic rings. The lowest BCUT2D eigenvalue weighted by Gasteiger charge is -2.04. The number of hydrogen-bond donors (Lipinski definition) is 1. The molecule has 0 saturated heterocycles.